The van der Waals surface area contributed by atoms with Crippen molar-refractivity contribution in [1.29, 1.82) is 0 Å². The van der Waals surface area contributed by atoms with Crippen LogP contribution in [0.2, 0.25) is 0 Å². The van der Waals surface area contributed by atoms with Crippen molar-refractivity contribution < 1.29 is 98.4 Å². The summed E-state index contributed by atoms with van der Waals surface area (Å²) >= 11 is 0. The minimum atomic E-state index is -7.66. The Hall–Kier alpha value is -3.44. The zero-order valence-electron chi connectivity index (χ0n) is 21.6. The molecule has 1 amide bonds. The van der Waals surface area contributed by atoms with E-state index in [9.17, 15) is 79.4 Å². The molecule has 0 unspecified atom stereocenters. The van der Waals surface area contributed by atoms with E-state index >= 15 is 0 Å². The van der Waals surface area contributed by atoms with E-state index in [0.717, 1.165) is 0 Å². The molecule has 0 spiro atoms. The standard InChI is InChI=1S/C23H14F17NO5/c24-16(25,15(42)41(11-13-7-3-1-4-8-13)12-14-9-5-2-6-10-14)43-17(26,27)18(28,29)44-19(30,31)20(32,33)45-21(34,35)22(36,37)46-23(38,39)40/h1-10H,11-12H2. The lowest BCUT2D eigenvalue weighted by atomic mass is 10.1. The van der Waals surface area contributed by atoms with Gasteiger partial charge in [-0.05, 0) is 11.1 Å². The number of hydrogen-bond acceptors (Lipinski definition) is 5. The van der Waals surface area contributed by atoms with Gasteiger partial charge in [0.1, 0.15) is 0 Å². The van der Waals surface area contributed by atoms with Crippen LogP contribution in [-0.4, -0.2) is 59.9 Å². The average molecular weight is 707 g/mol. The third kappa shape index (κ3) is 9.54. The summed E-state index contributed by atoms with van der Waals surface area (Å²) in [6, 6.07) is 13.0. The van der Waals surface area contributed by atoms with Crippen LogP contribution in [0.1, 0.15) is 11.1 Å². The minimum absolute atomic E-state index is 0.0351. The second-order valence-electron chi connectivity index (χ2n) is 8.60. The van der Waals surface area contributed by atoms with Crippen molar-refractivity contribution in [3.63, 3.8) is 0 Å². The van der Waals surface area contributed by atoms with Gasteiger partial charge in [0, 0.05) is 13.1 Å². The monoisotopic (exact) mass is 707 g/mol. The third-order valence-corrected chi connectivity index (χ3v) is 5.00. The van der Waals surface area contributed by atoms with Gasteiger partial charge in [0.2, 0.25) is 0 Å². The molecule has 0 aliphatic carbocycles. The normalized spacial score (nSPS) is 14.4. The highest BCUT2D eigenvalue weighted by Gasteiger charge is 2.77. The van der Waals surface area contributed by atoms with Gasteiger partial charge in [0.15, 0.2) is 0 Å². The molecule has 0 aliphatic heterocycles. The fourth-order valence-corrected chi connectivity index (χ4v) is 3.02. The molecule has 0 atom stereocenters. The molecular weight excluding hydrogens is 693 g/mol. The Labute approximate surface area is 244 Å². The molecule has 260 valence electrons. The molecule has 6 nitrogen and oxygen atoms in total. The molecule has 0 bridgehead atoms. The third-order valence-electron chi connectivity index (χ3n) is 5.00. The zero-order chi connectivity index (χ0) is 35.6. The lowest BCUT2D eigenvalue weighted by molar-refractivity contribution is -0.579. The molecule has 0 saturated carbocycles. The van der Waals surface area contributed by atoms with Gasteiger partial charge in [-0.3, -0.25) is 4.79 Å². The van der Waals surface area contributed by atoms with Crippen molar-refractivity contribution in [3.8, 4) is 0 Å². The molecular formula is C23H14F17NO5. The summed E-state index contributed by atoms with van der Waals surface area (Å²) in [6.45, 7) is -1.71. The van der Waals surface area contributed by atoms with Gasteiger partial charge in [-0.2, -0.15) is 61.5 Å². The molecule has 0 N–H and O–H groups in total. The summed E-state index contributed by atoms with van der Waals surface area (Å²) in [5, 5.41) is 0. The van der Waals surface area contributed by atoms with Crippen molar-refractivity contribution in [2.24, 2.45) is 0 Å². The van der Waals surface area contributed by atoms with Crippen molar-refractivity contribution in [2.75, 3.05) is 0 Å². The van der Waals surface area contributed by atoms with E-state index < -0.39 is 68.1 Å². The first-order valence-corrected chi connectivity index (χ1v) is 11.4. The largest absolute Gasteiger partial charge is 0.527 e. The van der Waals surface area contributed by atoms with Crippen LogP contribution in [-0.2, 0) is 36.8 Å². The van der Waals surface area contributed by atoms with Gasteiger partial charge in [0.25, 0.3) is 0 Å². The summed E-state index contributed by atoms with van der Waals surface area (Å²) in [4.78, 5) is 12.5. The first-order chi connectivity index (χ1) is 20.5. The Kier molecular flexibility index (Phi) is 10.9. The predicted molar refractivity (Wildman–Crippen MR) is 112 cm³/mol. The summed E-state index contributed by atoms with van der Waals surface area (Å²) in [5.74, 6) is -2.84. The number of benzene rings is 2. The highest BCUT2D eigenvalue weighted by Crippen LogP contribution is 2.51. The molecule has 23 heteroatoms. The van der Waals surface area contributed by atoms with Crippen molar-refractivity contribution >= 4 is 5.91 Å². The van der Waals surface area contributed by atoms with Crippen LogP contribution in [0.15, 0.2) is 60.7 Å². The number of carbonyl (C=O) groups is 1. The first kappa shape index (κ1) is 38.7. The smallest absolute Gasteiger partial charge is 0.326 e. The van der Waals surface area contributed by atoms with Gasteiger partial charge in [-0.15, -0.1) is 13.2 Å². The zero-order valence-corrected chi connectivity index (χ0v) is 21.6. The fraction of sp³-hybridized carbons (Fsp3) is 0.435. The summed E-state index contributed by atoms with van der Waals surface area (Å²) < 4.78 is 234. The Balaban J connectivity index is 2.31. The maximum absolute atomic E-state index is 14.5. The lowest BCUT2D eigenvalue weighted by Crippen LogP contribution is -2.60. The van der Waals surface area contributed by atoms with Gasteiger partial charge < -0.3 is 4.90 Å². The minimum Gasteiger partial charge on any atom is -0.326 e. The second-order valence-corrected chi connectivity index (χ2v) is 8.60. The molecule has 0 fully saturated rings. The first-order valence-electron chi connectivity index (χ1n) is 11.4. The van der Waals surface area contributed by atoms with E-state index in [1.807, 2.05) is 0 Å². The number of alkyl halides is 17. The SMILES string of the molecule is O=C(N(Cc1ccccc1)Cc1ccccc1)C(F)(F)OC(F)(F)C(F)(F)OC(F)(F)C(F)(F)OC(F)(F)C(F)(F)OC(F)(F)F. The van der Waals surface area contributed by atoms with E-state index in [4.69, 9.17) is 0 Å². The maximum Gasteiger partial charge on any atom is 0.527 e. The predicted octanol–water partition coefficient (Wildman–Crippen LogP) is 7.95. The quantitative estimate of drug-likeness (QED) is 0.176. The van der Waals surface area contributed by atoms with Gasteiger partial charge in [-0.1, -0.05) is 60.7 Å². The second kappa shape index (κ2) is 13.0. The van der Waals surface area contributed by atoms with E-state index in [1.54, 1.807) is 4.74 Å². The van der Waals surface area contributed by atoms with Crippen molar-refractivity contribution in [1.82, 2.24) is 4.90 Å². The number of nitrogens with zero attached hydrogens (tertiary/aromatic N) is 1. The summed E-state index contributed by atoms with van der Waals surface area (Å²) in [6.07, 6.45) is -57.7. The average Bonchev–Trinajstić information content (AvgIpc) is 2.85. The summed E-state index contributed by atoms with van der Waals surface area (Å²) in [7, 11) is 0. The van der Waals surface area contributed by atoms with Gasteiger partial charge in [-0.25, -0.2) is 18.9 Å². The number of ether oxygens (including phenoxy) is 4. The summed E-state index contributed by atoms with van der Waals surface area (Å²) in [5.41, 5.74) is 0.0702. The molecule has 0 saturated heterocycles. The molecule has 2 aromatic rings. The van der Waals surface area contributed by atoms with E-state index in [1.165, 1.54) is 70.1 Å². The Morgan fingerprint density at radius 2 is 0.739 bits per heavy atom. The highest BCUT2D eigenvalue weighted by atomic mass is 19.4. The highest BCUT2D eigenvalue weighted by molar-refractivity contribution is 5.82. The van der Waals surface area contributed by atoms with Crippen LogP contribution in [0.5, 0.6) is 0 Å². The molecule has 0 radical (unpaired) electrons. The van der Waals surface area contributed by atoms with Crippen LogP contribution in [0, 0.1) is 0 Å². The number of amides is 1. The number of carbonyl (C=O) groups excluding carboxylic acids is 1. The van der Waals surface area contributed by atoms with Crippen LogP contribution >= 0.6 is 0 Å². The molecule has 0 aliphatic rings. The topological polar surface area (TPSA) is 57.2 Å². The fourth-order valence-electron chi connectivity index (χ4n) is 3.02. The maximum atomic E-state index is 14.5. The van der Waals surface area contributed by atoms with Crippen LogP contribution < -0.4 is 0 Å². The van der Waals surface area contributed by atoms with Crippen molar-refractivity contribution in [2.45, 2.75) is 62.2 Å². The Morgan fingerprint density at radius 1 is 0.457 bits per heavy atom. The van der Waals surface area contributed by atoms with Gasteiger partial charge in [0.05, 0.1) is 0 Å². The number of hydrogen-bond donors (Lipinski definition) is 0. The van der Waals surface area contributed by atoms with E-state index in [2.05, 4.69) is 4.74 Å². The molecule has 0 aromatic heterocycles. The van der Waals surface area contributed by atoms with E-state index in [0.29, 0.717) is 0 Å². The number of rotatable bonds is 15. The molecule has 0 heterocycles. The number of halogens is 17. The Bertz CT molecular complexity index is 1270. The van der Waals surface area contributed by atoms with Crippen LogP contribution in [0.25, 0.3) is 0 Å². The molecule has 2 aromatic carbocycles. The van der Waals surface area contributed by atoms with Gasteiger partial charge >= 0.3 is 55.0 Å². The van der Waals surface area contributed by atoms with E-state index in [-0.39, 0.29) is 16.0 Å². The molecule has 2 rings (SSSR count). The molecule has 46 heavy (non-hydrogen) atoms. The Morgan fingerprint density at radius 3 is 1.04 bits per heavy atom. The lowest BCUT2D eigenvalue weighted by Gasteiger charge is -2.35. The van der Waals surface area contributed by atoms with Crippen LogP contribution in [0.4, 0.5) is 74.6 Å². The van der Waals surface area contributed by atoms with Crippen LogP contribution in [0.3, 0.4) is 0 Å². The van der Waals surface area contributed by atoms with Crippen molar-refractivity contribution in [3.05, 3.63) is 71.8 Å².